The van der Waals surface area contributed by atoms with Crippen LogP contribution in [0.2, 0.25) is 0 Å². The molecule has 0 fully saturated rings. The van der Waals surface area contributed by atoms with Gasteiger partial charge in [0, 0.05) is 6.42 Å². The van der Waals surface area contributed by atoms with Crippen molar-refractivity contribution in [1.29, 1.82) is 0 Å². The van der Waals surface area contributed by atoms with Gasteiger partial charge in [-0.2, -0.15) is 17.6 Å². The van der Waals surface area contributed by atoms with Crippen LogP contribution in [0, 0.1) is 6.92 Å². The molecule has 1 radical (unpaired) electrons. The van der Waals surface area contributed by atoms with E-state index >= 15 is 0 Å². The van der Waals surface area contributed by atoms with Gasteiger partial charge < -0.3 is 0 Å². The van der Waals surface area contributed by atoms with E-state index in [1.54, 1.807) is 0 Å². The number of rotatable bonds is 5. The van der Waals surface area contributed by atoms with E-state index in [1.165, 1.54) is 0 Å². The van der Waals surface area contributed by atoms with Gasteiger partial charge in [0.1, 0.15) is 0 Å². The van der Waals surface area contributed by atoms with E-state index in [9.17, 15) is 26.3 Å². The summed E-state index contributed by atoms with van der Waals surface area (Å²) in [5.41, 5.74) is 0. The molecular weight excluding hydrogens is 198 g/mol. The van der Waals surface area contributed by atoms with Crippen LogP contribution >= 0.6 is 0 Å². The van der Waals surface area contributed by atoms with Crippen LogP contribution in [0.15, 0.2) is 0 Å². The van der Waals surface area contributed by atoms with Crippen molar-refractivity contribution in [3.05, 3.63) is 6.92 Å². The van der Waals surface area contributed by atoms with Crippen molar-refractivity contribution < 1.29 is 26.3 Å². The zero-order chi connectivity index (χ0) is 10.7. The lowest BCUT2D eigenvalue weighted by Gasteiger charge is -2.27. The molecule has 0 rings (SSSR count). The number of hydrogen-bond donors (Lipinski definition) is 0. The van der Waals surface area contributed by atoms with Gasteiger partial charge in [-0.1, -0.05) is 6.92 Å². The topological polar surface area (TPSA) is 0 Å². The van der Waals surface area contributed by atoms with E-state index in [-0.39, 0.29) is 0 Å². The smallest absolute Gasteiger partial charge is 0.251 e. The third kappa shape index (κ3) is 2.51. The molecular formula is C7H9F6. The average molecular weight is 207 g/mol. The first-order valence-corrected chi connectivity index (χ1v) is 3.54. The second kappa shape index (κ2) is 4.19. The molecule has 0 amide bonds. The van der Waals surface area contributed by atoms with Crippen LogP contribution in [0.4, 0.5) is 26.3 Å². The van der Waals surface area contributed by atoms with Crippen molar-refractivity contribution >= 4 is 0 Å². The molecule has 1 atom stereocenters. The zero-order valence-electron chi connectivity index (χ0n) is 6.67. The molecule has 0 N–H and O–H groups in total. The molecule has 0 spiro atoms. The van der Waals surface area contributed by atoms with Crippen LogP contribution in [0.25, 0.3) is 0 Å². The first-order chi connectivity index (χ1) is 5.79. The monoisotopic (exact) mass is 207 g/mol. The zero-order valence-corrected chi connectivity index (χ0v) is 6.67. The maximum Gasteiger partial charge on any atom is 0.340 e. The second-order valence-corrected chi connectivity index (χ2v) is 2.52. The van der Waals surface area contributed by atoms with Gasteiger partial charge in [-0.3, -0.25) is 4.39 Å². The summed E-state index contributed by atoms with van der Waals surface area (Å²) < 4.78 is 73.4. The Kier molecular flexibility index (Phi) is 4.06. The average Bonchev–Trinajstić information content (AvgIpc) is 2.02. The fourth-order valence-electron chi connectivity index (χ4n) is 0.696. The summed E-state index contributed by atoms with van der Waals surface area (Å²) in [6.07, 6.45) is -5.70. The highest BCUT2D eigenvalue weighted by Gasteiger charge is 2.60. The summed E-state index contributed by atoms with van der Waals surface area (Å²) in [5, 5.41) is 0. The Balaban J connectivity index is 4.58. The molecule has 0 aromatic carbocycles. The van der Waals surface area contributed by atoms with E-state index in [2.05, 4.69) is 6.92 Å². The first-order valence-electron chi connectivity index (χ1n) is 3.54. The van der Waals surface area contributed by atoms with Crippen molar-refractivity contribution in [2.45, 2.75) is 30.9 Å². The summed E-state index contributed by atoms with van der Waals surface area (Å²) in [7, 11) is 0. The maximum atomic E-state index is 12.5. The van der Waals surface area contributed by atoms with Gasteiger partial charge in [0.15, 0.2) is 6.17 Å². The molecule has 0 bridgehead atoms. The second-order valence-electron chi connectivity index (χ2n) is 2.52. The molecule has 0 aliphatic carbocycles. The molecule has 0 saturated carbocycles. The van der Waals surface area contributed by atoms with E-state index in [0.29, 0.717) is 0 Å². The fourth-order valence-corrected chi connectivity index (χ4v) is 0.696. The lowest BCUT2D eigenvalue weighted by atomic mass is 10.0. The molecule has 0 aromatic rings. The fraction of sp³-hybridized carbons (Fsp3) is 0.857. The Morgan fingerprint density at radius 1 is 1.15 bits per heavy atom. The maximum absolute atomic E-state index is 12.5. The minimum absolute atomic E-state index is 0.977. The van der Waals surface area contributed by atoms with Gasteiger partial charge in [-0.25, -0.2) is 4.39 Å². The third-order valence-corrected chi connectivity index (χ3v) is 1.54. The number of alkyl halides is 6. The van der Waals surface area contributed by atoms with Gasteiger partial charge in [0.05, 0.1) is 6.67 Å². The van der Waals surface area contributed by atoms with Crippen molar-refractivity contribution in [1.82, 2.24) is 0 Å². The van der Waals surface area contributed by atoms with E-state index in [0.717, 1.165) is 0 Å². The highest BCUT2D eigenvalue weighted by molar-refractivity contribution is 4.91. The lowest BCUT2D eigenvalue weighted by Crippen LogP contribution is -2.48. The molecule has 79 valence electrons. The van der Waals surface area contributed by atoms with Crippen molar-refractivity contribution in [2.24, 2.45) is 0 Å². The van der Waals surface area contributed by atoms with Gasteiger partial charge in [-0.15, -0.1) is 0 Å². The molecule has 0 aliphatic heterocycles. The van der Waals surface area contributed by atoms with Crippen LogP contribution in [0.5, 0.6) is 0 Å². The Morgan fingerprint density at radius 3 is 1.92 bits per heavy atom. The van der Waals surface area contributed by atoms with E-state index < -0.39 is 37.5 Å². The Labute approximate surface area is 71.9 Å². The van der Waals surface area contributed by atoms with Crippen LogP contribution in [0.3, 0.4) is 0 Å². The van der Waals surface area contributed by atoms with Crippen LogP contribution in [-0.2, 0) is 0 Å². The highest BCUT2D eigenvalue weighted by Crippen LogP contribution is 2.41. The quantitative estimate of drug-likeness (QED) is 0.607. The standard InChI is InChI=1S/C7H9F6/c1-2-5(9)7(12,13)6(10,11)3-4-8/h5H,1-4H2/t5-/m0/s1. The summed E-state index contributed by atoms with van der Waals surface area (Å²) in [6.45, 7) is 1.12. The predicted octanol–water partition coefficient (Wildman–Crippen LogP) is 3.18. The lowest BCUT2D eigenvalue weighted by molar-refractivity contribution is -0.241. The van der Waals surface area contributed by atoms with E-state index in [4.69, 9.17) is 0 Å². The van der Waals surface area contributed by atoms with Crippen molar-refractivity contribution in [2.75, 3.05) is 6.67 Å². The molecule has 0 aromatic heterocycles. The van der Waals surface area contributed by atoms with Crippen LogP contribution in [0.1, 0.15) is 12.8 Å². The largest absolute Gasteiger partial charge is 0.340 e. The van der Waals surface area contributed by atoms with Gasteiger partial charge >= 0.3 is 11.8 Å². The summed E-state index contributed by atoms with van der Waals surface area (Å²) in [5.74, 6) is -9.50. The molecule has 13 heavy (non-hydrogen) atoms. The van der Waals surface area contributed by atoms with Gasteiger partial charge in [0.2, 0.25) is 0 Å². The minimum Gasteiger partial charge on any atom is -0.251 e. The molecule has 0 aliphatic rings. The SMILES string of the molecule is [CH2]C[C@H](F)C(F)(F)C(F)(F)CCF. The van der Waals surface area contributed by atoms with Crippen LogP contribution < -0.4 is 0 Å². The predicted molar refractivity (Wildman–Crippen MR) is 35.4 cm³/mol. The highest BCUT2D eigenvalue weighted by atomic mass is 19.3. The van der Waals surface area contributed by atoms with E-state index in [1.807, 2.05) is 0 Å². The summed E-state index contributed by atoms with van der Waals surface area (Å²) >= 11 is 0. The summed E-state index contributed by atoms with van der Waals surface area (Å²) in [4.78, 5) is 0. The molecule has 0 nitrogen and oxygen atoms in total. The Morgan fingerprint density at radius 2 is 1.62 bits per heavy atom. The molecule has 0 unspecified atom stereocenters. The number of halogens is 6. The molecule has 6 heteroatoms. The molecule has 0 heterocycles. The molecule has 0 saturated heterocycles. The summed E-state index contributed by atoms with van der Waals surface area (Å²) in [6, 6.07) is 0. The van der Waals surface area contributed by atoms with Crippen molar-refractivity contribution in [3.8, 4) is 0 Å². The minimum atomic E-state index is -4.85. The third-order valence-electron chi connectivity index (χ3n) is 1.54. The normalized spacial score (nSPS) is 15.9. The Bertz CT molecular complexity index is 155. The number of hydrogen-bond acceptors (Lipinski definition) is 0. The first kappa shape index (κ1) is 12.6. The van der Waals surface area contributed by atoms with Crippen molar-refractivity contribution in [3.63, 3.8) is 0 Å². The van der Waals surface area contributed by atoms with Gasteiger partial charge in [-0.05, 0) is 6.42 Å². The van der Waals surface area contributed by atoms with Crippen LogP contribution in [-0.4, -0.2) is 24.7 Å². The Hall–Kier alpha value is -0.420. The van der Waals surface area contributed by atoms with Gasteiger partial charge in [0.25, 0.3) is 0 Å².